The van der Waals surface area contributed by atoms with Gasteiger partial charge in [0, 0.05) is 11.8 Å². The zero-order chi connectivity index (χ0) is 7.56. The highest BCUT2D eigenvalue weighted by Gasteiger charge is 1.98. The first-order valence-electron chi connectivity index (χ1n) is 2.87. The monoisotopic (exact) mass is 139 g/mol. The third-order valence-corrected chi connectivity index (χ3v) is 1.14. The van der Waals surface area contributed by atoms with E-state index in [0.29, 0.717) is 5.88 Å². The standard InChI is InChI=1S/C6H9N3O/c1-4-3-8-6(7)9-5(4)10-2/h3H,1-2H3,(H2,7,8,9). The molecule has 0 unspecified atom stereocenters. The Kier molecular flexibility index (Phi) is 1.71. The van der Waals surface area contributed by atoms with Gasteiger partial charge in [0.25, 0.3) is 0 Å². The van der Waals surface area contributed by atoms with Crippen molar-refractivity contribution < 1.29 is 4.74 Å². The smallest absolute Gasteiger partial charge is 0.223 e. The number of aryl methyl sites for hydroxylation is 1. The minimum Gasteiger partial charge on any atom is -0.481 e. The van der Waals surface area contributed by atoms with Gasteiger partial charge < -0.3 is 10.5 Å². The molecule has 10 heavy (non-hydrogen) atoms. The summed E-state index contributed by atoms with van der Waals surface area (Å²) in [6, 6.07) is 0. The SMILES string of the molecule is COc1nc(N)ncc1C. The van der Waals surface area contributed by atoms with Crippen molar-refractivity contribution in [2.45, 2.75) is 6.92 Å². The van der Waals surface area contributed by atoms with E-state index < -0.39 is 0 Å². The number of methoxy groups -OCH3 is 1. The average Bonchev–Trinajstić information content (AvgIpc) is 1.94. The Bertz CT molecular complexity index is 236. The molecule has 2 N–H and O–H groups in total. The number of anilines is 1. The van der Waals surface area contributed by atoms with Gasteiger partial charge in [-0.15, -0.1) is 0 Å². The van der Waals surface area contributed by atoms with E-state index in [-0.39, 0.29) is 5.95 Å². The Morgan fingerprint density at radius 1 is 1.60 bits per heavy atom. The van der Waals surface area contributed by atoms with Gasteiger partial charge in [-0.25, -0.2) is 4.98 Å². The number of nitrogens with zero attached hydrogens (tertiary/aromatic N) is 2. The van der Waals surface area contributed by atoms with Crippen LogP contribution in [0.2, 0.25) is 0 Å². The Balaban J connectivity index is 3.09. The second-order valence-corrected chi connectivity index (χ2v) is 1.92. The summed E-state index contributed by atoms with van der Waals surface area (Å²) in [6.07, 6.45) is 1.63. The van der Waals surface area contributed by atoms with Crippen LogP contribution in [0.1, 0.15) is 5.56 Å². The van der Waals surface area contributed by atoms with Crippen LogP contribution in [0.3, 0.4) is 0 Å². The lowest BCUT2D eigenvalue weighted by Crippen LogP contribution is -1.98. The number of nitrogen functional groups attached to an aromatic ring is 1. The molecule has 1 heterocycles. The van der Waals surface area contributed by atoms with Crippen LogP contribution in [-0.2, 0) is 0 Å². The summed E-state index contributed by atoms with van der Waals surface area (Å²) in [6.45, 7) is 1.86. The number of aromatic nitrogens is 2. The lowest BCUT2D eigenvalue weighted by Gasteiger charge is -2.01. The minimum atomic E-state index is 0.238. The molecule has 0 aliphatic heterocycles. The summed E-state index contributed by atoms with van der Waals surface area (Å²) >= 11 is 0. The molecule has 4 nitrogen and oxygen atoms in total. The molecule has 0 atom stereocenters. The summed E-state index contributed by atoms with van der Waals surface area (Å²) in [5, 5.41) is 0. The van der Waals surface area contributed by atoms with Crippen LogP contribution in [0.4, 0.5) is 5.95 Å². The normalized spacial score (nSPS) is 9.40. The van der Waals surface area contributed by atoms with Crippen molar-refractivity contribution in [1.29, 1.82) is 0 Å². The van der Waals surface area contributed by atoms with Gasteiger partial charge in [-0.1, -0.05) is 0 Å². The summed E-state index contributed by atoms with van der Waals surface area (Å²) in [5.74, 6) is 0.773. The summed E-state index contributed by atoms with van der Waals surface area (Å²) in [5.41, 5.74) is 6.19. The molecule has 0 saturated heterocycles. The fraction of sp³-hybridized carbons (Fsp3) is 0.333. The lowest BCUT2D eigenvalue weighted by molar-refractivity contribution is 0.394. The molecule has 0 saturated carbocycles. The minimum absolute atomic E-state index is 0.238. The van der Waals surface area contributed by atoms with Crippen molar-refractivity contribution in [3.63, 3.8) is 0 Å². The van der Waals surface area contributed by atoms with Crippen LogP contribution in [0, 0.1) is 6.92 Å². The highest BCUT2D eigenvalue weighted by atomic mass is 16.5. The Morgan fingerprint density at radius 3 is 2.80 bits per heavy atom. The summed E-state index contributed by atoms with van der Waals surface area (Å²) < 4.78 is 4.89. The Hall–Kier alpha value is -1.32. The molecule has 0 aliphatic carbocycles. The number of rotatable bonds is 1. The molecule has 0 spiro atoms. The van der Waals surface area contributed by atoms with Crippen LogP contribution >= 0.6 is 0 Å². The zero-order valence-electron chi connectivity index (χ0n) is 5.96. The van der Waals surface area contributed by atoms with Gasteiger partial charge in [-0.2, -0.15) is 4.98 Å². The van der Waals surface area contributed by atoms with Crippen molar-refractivity contribution >= 4 is 5.95 Å². The van der Waals surface area contributed by atoms with E-state index in [1.807, 2.05) is 6.92 Å². The molecule has 0 amide bonds. The number of hydrogen-bond donors (Lipinski definition) is 1. The van der Waals surface area contributed by atoms with Gasteiger partial charge in [0.15, 0.2) is 0 Å². The molecule has 0 fully saturated rings. The fourth-order valence-corrected chi connectivity index (χ4v) is 0.646. The van der Waals surface area contributed by atoms with Crippen molar-refractivity contribution in [1.82, 2.24) is 9.97 Å². The van der Waals surface area contributed by atoms with Gasteiger partial charge in [0.05, 0.1) is 7.11 Å². The predicted molar refractivity (Wildman–Crippen MR) is 37.7 cm³/mol. The molecular weight excluding hydrogens is 130 g/mol. The first-order chi connectivity index (χ1) is 4.74. The molecule has 0 aliphatic rings. The highest BCUT2D eigenvalue weighted by molar-refractivity contribution is 5.28. The largest absolute Gasteiger partial charge is 0.481 e. The van der Waals surface area contributed by atoms with E-state index in [0.717, 1.165) is 5.56 Å². The molecule has 0 radical (unpaired) electrons. The quantitative estimate of drug-likeness (QED) is 0.610. The second kappa shape index (κ2) is 2.51. The summed E-state index contributed by atoms with van der Waals surface area (Å²) in [4.78, 5) is 7.61. The van der Waals surface area contributed by atoms with Gasteiger partial charge in [0.1, 0.15) is 0 Å². The van der Waals surface area contributed by atoms with E-state index in [2.05, 4.69) is 9.97 Å². The first kappa shape index (κ1) is 6.80. The van der Waals surface area contributed by atoms with Crippen molar-refractivity contribution in [3.8, 4) is 5.88 Å². The molecule has 54 valence electrons. The van der Waals surface area contributed by atoms with Crippen LogP contribution in [0.5, 0.6) is 5.88 Å². The van der Waals surface area contributed by atoms with Crippen molar-refractivity contribution in [2.75, 3.05) is 12.8 Å². The van der Waals surface area contributed by atoms with Crippen LogP contribution in [0.15, 0.2) is 6.20 Å². The maximum Gasteiger partial charge on any atom is 0.223 e. The van der Waals surface area contributed by atoms with E-state index >= 15 is 0 Å². The van der Waals surface area contributed by atoms with Crippen LogP contribution in [-0.4, -0.2) is 17.1 Å². The van der Waals surface area contributed by atoms with Gasteiger partial charge in [0.2, 0.25) is 11.8 Å². The van der Waals surface area contributed by atoms with Crippen LogP contribution in [0.25, 0.3) is 0 Å². The van der Waals surface area contributed by atoms with Crippen LogP contribution < -0.4 is 10.5 Å². The fourth-order valence-electron chi connectivity index (χ4n) is 0.646. The molecule has 1 aromatic heterocycles. The highest BCUT2D eigenvalue weighted by Crippen LogP contribution is 2.11. The Labute approximate surface area is 59.1 Å². The van der Waals surface area contributed by atoms with Gasteiger partial charge in [-0.3, -0.25) is 0 Å². The molecule has 0 bridgehead atoms. The maximum atomic E-state index is 5.30. The molecule has 1 aromatic rings. The maximum absolute atomic E-state index is 5.30. The topological polar surface area (TPSA) is 61.0 Å². The van der Waals surface area contributed by atoms with Gasteiger partial charge in [-0.05, 0) is 6.92 Å². The first-order valence-corrected chi connectivity index (χ1v) is 2.87. The number of ether oxygens (including phenoxy) is 1. The van der Waals surface area contributed by atoms with Crippen molar-refractivity contribution in [3.05, 3.63) is 11.8 Å². The third-order valence-electron chi connectivity index (χ3n) is 1.14. The lowest BCUT2D eigenvalue weighted by atomic mass is 10.4. The molecule has 0 aromatic carbocycles. The van der Waals surface area contributed by atoms with E-state index in [4.69, 9.17) is 10.5 Å². The molecule has 1 rings (SSSR count). The van der Waals surface area contributed by atoms with E-state index in [1.165, 1.54) is 0 Å². The summed E-state index contributed by atoms with van der Waals surface area (Å²) in [7, 11) is 1.55. The zero-order valence-corrected chi connectivity index (χ0v) is 5.96. The Morgan fingerprint density at radius 2 is 2.30 bits per heavy atom. The number of nitrogens with two attached hydrogens (primary N) is 1. The van der Waals surface area contributed by atoms with Gasteiger partial charge >= 0.3 is 0 Å². The van der Waals surface area contributed by atoms with E-state index in [1.54, 1.807) is 13.3 Å². The van der Waals surface area contributed by atoms with E-state index in [9.17, 15) is 0 Å². The second-order valence-electron chi connectivity index (χ2n) is 1.92. The third kappa shape index (κ3) is 1.15. The molecular formula is C6H9N3O. The molecule has 4 heteroatoms. The average molecular weight is 139 g/mol. The predicted octanol–water partition coefficient (Wildman–Crippen LogP) is 0.376. The number of hydrogen-bond acceptors (Lipinski definition) is 4. The van der Waals surface area contributed by atoms with Crippen molar-refractivity contribution in [2.24, 2.45) is 0 Å².